The highest BCUT2D eigenvalue weighted by Crippen LogP contribution is 2.16. The highest BCUT2D eigenvalue weighted by atomic mass is 16.5. The Bertz CT molecular complexity index is 387. The number of carbonyl (C=O) groups is 1. The van der Waals surface area contributed by atoms with Crippen LogP contribution in [-0.2, 0) is 0 Å². The first-order chi connectivity index (χ1) is 7.86. The van der Waals surface area contributed by atoms with E-state index >= 15 is 0 Å². The Morgan fingerprint density at radius 2 is 2.29 bits per heavy atom. The lowest BCUT2D eigenvalue weighted by molar-refractivity contribution is 0.0889. The zero-order chi connectivity index (χ0) is 13.1. The number of nitrogens with zero attached hydrogens (tertiary/aromatic N) is 1. The van der Waals surface area contributed by atoms with Crippen LogP contribution in [0.15, 0.2) is 10.6 Å². The summed E-state index contributed by atoms with van der Waals surface area (Å²) in [7, 11) is 0. The summed E-state index contributed by atoms with van der Waals surface area (Å²) in [6.07, 6.45) is 0.825. The zero-order valence-corrected chi connectivity index (χ0v) is 10.9. The summed E-state index contributed by atoms with van der Waals surface area (Å²) in [6.45, 7) is 8.28. The van der Waals surface area contributed by atoms with E-state index in [1.54, 1.807) is 13.0 Å². The Kier molecular flexibility index (Phi) is 4.28. The second kappa shape index (κ2) is 5.31. The Labute approximate surface area is 102 Å². The van der Waals surface area contributed by atoms with Gasteiger partial charge in [-0.25, -0.2) is 0 Å². The molecule has 0 aromatic carbocycles. The SMILES string of the molecule is Cc1cc(C(=O)NC(C)(CN)CC(C)C)no1. The number of carbonyl (C=O) groups excluding carboxylic acids is 1. The summed E-state index contributed by atoms with van der Waals surface area (Å²) in [5.74, 6) is 0.840. The first-order valence-corrected chi connectivity index (χ1v) is 5.82. The van der Waals surface area contributed by atoms with Crippen molar-refractivity contribution in [1.29, 1.82) is 0 Å². The molecule has 0 aliphatic carbocycles. The Hall–Kier alpha value is -1.36. The quantitative estimate of drug-likeness (QED) is 0.815. The number of hydrogen-bond donors (Lipinski definition) is 2. The topological polar surface area (TPSA) is 81.2 Å². The molecule has 1 heterocycles. The molecule has 1 amide bonds. The van der Waals surface area contributed by atoms with Crippen molar-refractivity contribution in [2.75, 3.05) is 6.54 Å². The average molecular weight is 239 g/mol. The second-order valence-corrected chi connectivity index (χ2v) is 5.14. The molecule has 0 radical (unpaired) electrons. The van der Waals surface area contributed by atoms with Crippen molar-refractivity contribution in [3.05, 3.63) is 17.5 Å². The summed E-state index contributed by atoms with van der Waals surface area (Å²) < 4.78 is 4.87. The zero-order valence-electron chi connectivity index (χ0n) is 10.9. The van der Waals surface area contributed by atoms with Crippen LogP contribution >= 0.6 is 0 Å². The normalized spacial score (nSPS) is 14.7. The minimum atomic E-state index is -0.405. The van der Waals surface area contributed by atoms with Gasteiger partial charge in [0.25, 0.3) is 5.91 Å². The molecule has 1 rings (SSSR count). The van der Waals surface area contributed by atoms with Crippen molar-refractivity contribution in [3.8, 4) is 0 Å². The summed E-state index contributed by atoms with van der Waals surface area (Å²) in [6, 6.07) is 1.61. The smallest absolute Gasteiger partial charge is 0.273 e. The molecule has 1 atom stereocenters. The summed E-state index contributed by atoms with van der Waals surface area (Å²) in [4.78, 5) is 11.9. The van der Waals surface area contributed by atoms with E-state index in [0.717, 1.165) is 6.42 Å². The van der Waals surface area contributed by atoms with Crippen LogP contribution in [0, 0.1) is 12.8 Å². The number of rotatable bonds is 5. The van der Waals surface area contributed by atoms with Crippen LogP contribution in [0.5, 0.6) is 0 Å². The fourth-order valence-electron chi connectivity index (χ4n) is 1.90. The molecule has 0 aliphatic rings. The minimum absolute atomic E-state index is 0.240. The van der Waals surface area contributed by atoms with Crippen molar-refractivity contribution >= 4 is 5.91 Å². The first kappa shape index (κ1) is 13.7. The average Bonchev–Trinajstić information content (AvgIpc) is 2.63. The third kappa shape index (κ3) is 3.85. The van der Waals surface area contributed by atoms with Crippen molar-refractivity contribution in [2.45, 2.75) is 39.7 Å². The van der Waals surface area contributed by atoms with Gasteiger partial charge in [0.1, 0.15) is 5.76 Å². The molecular formula is C12H21N3O2. The summed E-state index contributed by atoms with van der Waals surface area (Å²) in [5, 5.41) is 6.60. The van der Waals surface area contributed by atoms with Gasteiger partial charge >= 0.3 is 0 Å². The number of aromatic nitrogens is 1. The van der Waals surface area contributed by atoms with E-state index in [-0.39, 0.29) is 5.91 Å². The molecule has 0 fully saturated rings. The maximum atomic E-state index is 11.9. The Balaban J connectivity index is 2.71. The van der Waals surface area contributed by atoms with E-state index in [1.807, 2.05) is 6.92 Å². The van der Waals surface area contributed by atoms with Gasteiger partial charge in [0.05, 0.1) is 5.54 Å². The lowest BCUT2D eigenvalue weighted by Gasteiger charge is -2.30. The predicted octanol–water partition coefficient (Wildman–Crippen LogP) is 1.48. The van der Waals surface area contributed by atoms with Gasteiger partial charge in [0.15, 0.2) is 5.69 Å². The van der Waals surface area contributed by atoms with Gasteiger partial charge in [0.2, 0.25) is 0 Å². The van der Waals surface area contributed by atoms with Crippen molar-refractivity contribution < 1.29 is 9.32 Å². The van der Waals surface area contributed by atoms with E-state index in [1.165, 1.54) is 0 Å². The third-order valence-electron chi connectivity index (χ3n) is 2.59. The predicted molar refractivity (Wildman–Crippen MR) is 65.6 cm³/mol. The summed E-state index contributed by atoms with van der Waals surface area (Å²) >= 11 is 0. The van der Waals surface area contributed by atoms with Gasteiger partial charge in [0, 0.05) is 12.6 Å². The molecule has 0 saturated heterocycles. The lowest BCUT2D eigenvalue weighted by atomic mass is 9.90. The van der Waals surface area contributed by atoms with Crippen molar-refractivity contribution in [2.24, 2.45) is 11.7 Å². The summed E-state index contributed by atoms with van der Waals surface area (Å²) in [5.41, 5.74) is 5.62. The highest BCUT2D eigenvalue weighted by Gasteiger charge is 2.27. The monoisotopic (exact) mass is 239 g/mol. The molecule has 0 aliphatic heterocycles. The first-order valence-electron chi connectivity index (χ1n) is 5.82. The number of aryl methyl sites for hydroxylation is 1. The van der Waals surface area contributed by atoms with E-state index in [2.05, 4.69) is 24.3 Å². The van der Waals surface area contributed by atoms with Gasteiger partial charge < -0.3 is 15.6 Å². The second-order valence-electron chi connectivity index (χ2n) is 5.14. The Morgan fingerprint density at radius 1 is 1.65 bits per heavy atom. The number of nitrogens with one attached hydrogen (secondary N) is 1. The molecule has 3 N–H and O–H groups in total. The molecule has 1 unspecified atom stereocenters. The largest absolute Gasteiger partial charge is 0.361 e. The standard InChI is InChI=1S/C12H21N3O2/c1-8(2)6-12(4,7-13)14-11(16)10-5-9(3)17-15-10/h5,8H,6-7,13H2,1-4H3,(H,14,16). The fourth-order valence-corrected chi connectivity index (χ4v) is 1.90. The molecule has 0 spiro atoms. The van der Waals surface area contributed by atoms with Gasteiger partial charge in [-0.05, 0) is 26.2 Å². The van der Waals surface area contributed by atoms with Gasteiger partial charge in [-0.3, -0.25) is 4.79 Å². The fraction of sp³-hybridized carbons (Fsp3) is 0.667. The van der Waals surface area contributed by atoms with E-state index < -0.39 is 5.54 Å². The highest BCUT2D eigenvalue weighted by molar-refractivity contribution is 5.92. The molecule has 0 saturated carbocycles. The Morgan fingerprint density at radius 3 is 2.71 bits per heavy atom. The van der Waals surface area contributed by atoms with Crippen LogP contribution < -0.4 is 11.1 Å². The molecule has 17 heavy (non-hydrogen) atoms. The lowest BCUT2D eigenvalue weighted by Crippen LogP contribution is -2.52. The maximum absolute atomic E-state index is 11.9. The van der Waals surface area contributed by atoms with Crippen molar-refractivity contribution in [3.63, 3.8) is 0 Å². The van der Waals surface area contributed by atoms with Crippen LogP contribution in [0.2, 0.25) is 0 Å². The van der Waals surface area contributed by atoms with Gasteiger partial charge in [-0.2, -0.15) is 0 Å². The van der Waals surface area contributed by atoms with Crippen LogP contribution in [0.1, 0.15) is 43.4 Å². The van der Waals surface area contributed by atoms with Crippen LogP contribution in [0.3, 0.4) is 0 Å². The maximum Gasteiger partial charge on any atom is 0.273 e. The third-order valence-corrected chi connectivity index (χ3v) is 2.59. The molecule has 5 heteroatoms. The van der Waals surface area contributed by atoms with Crippen molar-refractivity contribution in [1.82, 2.24) is 10.5 Å². The van der Waals surface area contributed by atoms with E-state index in [4.69, 9.17) is 10.3 Å². The molecule has 5 nitrogen and oxygen atoms in total. The van der Waals surface area contributed by atoms with Crippen LogP contribution in [0.4, 0.5) is 0 Å². The van der Waals surface area contributed by atoms with Gasteiger partial charge in [-0.15, -0.1) is 0 Å². The molecule has 96 valence electrons. The number of amides is 1. The van der Waals surface area contributed by atoms with E-state index in [9.17, 15) is 4.79 Å². The van der Waals surface area contributed by atoms with Crippen LogP contribution in [-0.4, -0.2) is 23.1 Å². The molecule has 0 bridgehead atoms. The number of nitrogens with two attached hydrogens (primary N) is 1. The molecular weight excluding hydrogens is 218 g/mol. The minimum Gasteiger partial charge on any atom is -0.361 e. The number of hydrogen-bond acceptors (Lipinski definition) is 4. The van der Waals surface area contributed by atoms with Gasteiger partial charge in [-0.1, -0.05) is 19.0 Å². The van der Waals surface area contributed by atoms with E-state index in [0.29, 0.717) is 23.9 Å². The molecule has 1 aromatic rings. The molecule has 1 aromatic heterocycles. The van der Waals surface area contributed by atoms with Crippen LogP contribution in [0.25, 0.3) is 0 Å².